The van der Waals surface area contributed by atoms with E-state index in [1.165, 1.54) is 10.8 Å². The molecule has 0 bridgehead atoms. The van der Waals surface area contributed by atoms with E-state index in [4.69, 9.17) is 0 Å². The summed E-state index contributed by atoms with van der Waals surface area (Å²) < 4.78 is 2.90. The SMILES string of the molecule is CCn1cc(Br)cc1C(=O)N(C)Cc1cccc2ccccc12. The fraction of sp³-hybridized carbons (Fsp3) is 0.211. The quantitative estimate of drug-likeness (QED) is 0.653. The van der Waals surface area contributed by atoms with Crippen molar-refractivity contribution in [1.82, 2.24) is 9.47 Å². The molecule has 23 heavy (non-hydrogen) atoms. The van der Waals surface area contributed by atoms with Gasteiger partial charge >= 0.3 is 0 Å². The van der Waals surface area contributed by atoms with Crippen LogP contribution in [-0.2, 0) is 13.1 Å². The highest BCUT2D eigenvalue weighted by Crippen LogP contribution is 2.21. The van der Waals surface area contributed by atoms with E-state index in [0.29, 0.717) is 12.2 Å². The number of fused-ring (bicyclic) bond motifs is 1. The van der Waals surface area contributed by atoms with Crippen LogP contribution >= 0.6 is 15.9 Å². The summed E-state index contributed by atoms with van der Waals surface area (Å²) in [6.07, 6.45) is 1.94. The number of benzene rings is 2. The molecule has 0 radical (unpaired) electrons. The van der Waals surface area contributed by atoms with Gasteiger partial charge in [-0.15, -0.1) is 0 Å². The smallest absolute Gasteiger partial charge is 0.270 e. The minimum Gasteiger partial charge on any atom is -0.343 e. The summed E-state index contributed by atoms with van der Waals surface area (Å²) >= 11 is 3.45. The summed E-state index contributed by atoms with van der Waals surface area (Å²) in [4.78, 5) is 14.5. The van der Waals surface area contributed by atoms with Gasteiger partial charge in [0.15, 0.2) is 0 Å². The van der Waals surface area contributed by atoms with E-state index in [0.717, 1.165) is 16.6 Å². The topological polar surface area (TPSA) is 25.2 Å². The van der Waals surface area contributed by atoms with Crippen LogP contribution in [0.2, 0.25) is 0 Å². The number of hydrogen-bond acceptors (Lipinski definition) is 1. The molecule has 4 heteroatoms. The Bertz CT molecular complexity index is 848. The van der Waals surface area contributed by atoms with Crippen molar-refractivity contribution in [3.63, 3.8) is 0 Å². The Kier molecular flexibility index (Phi) is 4.53. The normalized spacial score (nSPS) is 10.9. The third kappa shape index (κ3) is 3.17. The van der Waals surface area contributed by atoms with Gasteiger partial charge in [-0.3, -0.25) is 4.79 Å². The Morgan fingerprint density at radius 1 is 1.17 bits per heavy atom. The lowest BCUT2D eigenvalue weighted by atomic mass is 10.0. The maximum absolute atomic E-state index is 12.8. The number of aromatic nitrogens is 1. The third-order valence-electron chi connectivity index (χ3n) is 4.06. The molecule has 0 saturated carbocycles. The lowest BCUT2D eigenvalue weighted by molar-refractivity contribution is 0.0775. The van der Waals surface area contributed by atoms with E-state index in [-0.39, 0.29) is 5.91 Å². The molecule has 1 aromatic heterocycles. The van der Waals surface area contributed by atoms with Crippen molar-refractivity contribution in [2.24, 2.45) is 0 Å². The summed E-state index contributed by atoms with van der Waals surface area (Å²) in [7, 11) is 1.85. The number of aryl methyl sites for hydroxylation is 1. The Labute approximate surface area is 144 Å². The van der Waals surface area contributed by atoms with Crippen LogP contribution in [0.5, 0.6) is 0 Å². The highest BCUT2D eigenvalue weighted by molar-refractivity contribution is 9.10. The second kappa shape index (κ2) is 6.59. The van der Waals surface area contributed by atoms with Crippen LogP contribution < -0.4 is 0 Å². The zero-order valence-electron chi connectivity index (χ0n) is 13.3. The van der Waals surface area contributed by atoms with E-state index in [2.05, 4.69) is 40.2 Å². The number of carbonyl (C=O) groups is 1. The number of amides is 1. The van der Waals surface area contributed by atoms with E-state index >= 15 is 0 Å². The molecule has 3 rings (SSSR count). The number of rotatable bonds is 4. The fourth-order valence-electron chi connectivity index (χ4n) is 2.87. The second-order valence-electron chi connectivity index (χ2n) is 5.63. The van der Waals surface area contributed by atoms with Crippen molar-refractivity contribution in [3.8, 4) is 0 Å². The van der Waals surface area contributed by atoms with Crippen LogP contribution in [0, 0.1) is 0 Å². The molecule has 0 aliphatic rings. The van der Waals surface area contributed by atoms with Crippen LogP contribution in [0.3, 0.4) is 0 Å². The minimum absolute atomic E-state index is 0.0329. The monoisotopic (exact) mass is 370 g/mol. The summed E-state index contributed by atoms with van der Waals surface area (Å²) in [6.45, 7) is 3.40. The Balaban J connectivity index is 1.88. The summed E-state index contributed by atoms with van der Waals surface area (Å²) in [5, 5.41) is 2.40. The molecule has 0 unspecified atom stereocenters. The Morgan fingerprint density at radius 2 is 1.91 bits per heavy atom. The minimum atomic E-state index is 0.0329. The molecule has 3 nitrogen and oxygen atoms in total. The van der Waals surface area contributed by atoms with Crippen molar-refractivity contribution < 1.29 is 4.79 Å². The molecule has 0 aliphatic carbocycles. The molecule has 0 fully saturated rings. The Hall–Kier alpha value is -2.07. The molecule has 0 aliphatic heterocycles. The molecule has 0 saturated heterocycles. The standard InChI is InChI=1S/C19H19BrN2O/c1-3-22-13-16(20)11-18(22)19(23)21(2)12-15-9-6-8-14-7-4-5-10-17(14)15/h4-11,13H,3,12H2,1-2H3. The molecule has 0 spiro atoms. The highest BCUT2D eigenvalue weighted by Gasteiger charge is 2.17. The van der Waals surface area contributed by atoms with Gasteiger partial charge < -0.3 is 9.47 Å². The van der Waals surface area contributed by atoms with Crippen LogP contribution in [-0.4, -0.2) is 22.4 Å². The first-order valence-corrected chi connectivity index (χ1v) is 8.47. The molecule has 3 aromatic rings. The first-order chi connectivity index (χ1) is 11.1. The molecule has 0 N–H and O–H groups in total. The Morgan fingerprint density at radius 3 is 2.70 bits per heavy atom. The zero-order chi connectivity index (χ0) is 16.4. The number of hydrogen-bond donors (Lipinski definition) is 0. The van der Waals surface area contributed by atoms with E-state index in [9.17, 15) is 4.79 Å². The van der Waals surface area contributed by atoms with E-state index < -0.39 is 0 Å². The molecule has 1 amide bonds. The van der Waals surface area contributed by atoms with Gasteiger partial charge in [-0.1, -0.05) is 42.5 Å². The van der Waals surface area contributed by atoms with Gasteiger partial charge in [0.1, 0.15) is 5.69 Å². The van der Waals surface area contributed by atoms with Crippen molar-refractivity contribution >= 4 is 32.6 Å². The van der Waals surface area contributed by atoms with Crippen molar-refractivity contribution in [2.45, 2.75) is 20.0 Å². The number of nitrogens with zero attached hydrogens (tertiary/aromatic N) is 2. The predicted molar refractivity (Wildman–Crippen MR) is 97.6 cm³/mol. The van der Waals surface area contributed by atoms with Crippen LogP contribution in [0.1, 0.15) is 23.0 Å². The van der Waals surface area contributed by atoms with Crippen LogP contribution in [0.25, 0.3) is 10.8 Å². The van der Waals surface area contributed by atoms with Gasteiger partial charge in [-0.2, -0.15) is 0 Å². The largest absolute Gasteiger partial charge is 0.343 e. The lowest BCUT2D eigenvalue weighted by Gasteiger charge is -2.19. The maximum Gasteiger partial charge on any atom is 0.270 e. The van der Waals surface area contributed by atoms with E-state index in [1.807, 2.05) is 49.0 Å². The molecule has 118 valence electrons. The summed E-state index contributed by atoms with van der Waals surface area (Å²) in [5.41, 5.74) is 1.87. The lowest BCUT2D eigenvalue weighted by Crippen LogP contribution is -2.28. The van der Waals surface area contributed by atoms with Gasteiger partial charge in [0.25, 0.3) is 5.91 Å². The van der Waals surface area contributed by atoms with Gasteiger partial charge in [0, 0.05) is 30.8 Å². The average molecular weight is 371 g/mol. The first kappa shape index (κ1) is 15.8. The summed E-state index contributed by atoms with van der Waals surface area (Å²) in [6, 6.07) is 16.4. The van der Waals surface area contributed by atoms with Gasteiger partial charge in [-0.25, -0.2) is 0 Å². The fourth-order valence-corrected chi connectivity index (χ4v) is 3.33. The van der Waals surface area contributed by atoms with Crippen molar-refractivity contribution in [3.05, 3.63) is 70.5 Å². The second-order valence-corrected chi connectivity index (χ2v) is 6.54. The highest BCUT2D eigenvalue weighted by atomic mass is 79.9. The van der Waals surface area contributed by atoms with Crippen molar-refractivity contribution in [1.29, 1.82) is 0 Å². The molecule has 0 atom stereocenters. The van der Waals surface area contributed by atoms with Crippen LogP contribution in [0.4, 0.5) is 0 Å². The third-order valence-corrected chi connectivity index (χ3v) is 4.49. The molecular weight excluding hydrogens is 352 g/mol. The van der Waals surface area contributed by atoms with Crippen molar-refractivity contribution in [2.75, 3.05) is 7.05 Å². The number of halogens is 1. The van der Waals surface area contributed by atoms with Crippen LogP contribution in [0.15, 0.2) is 59.2 Å². The molecule has 1 heterocycles. The summed E-state index contributed by atoms with van der Waals surface area (Å²) in [5.74, 6) is 0.0329. The molecule has 2 aromatic carbocycles. The number of carbonyl (C=O) groups excluding carboxylic acids is 1. The van der Waals surface area contributed by atoms with E-state index in [1.54, 1.807) is 4.90 Å². The zero-order valence-corrected chi connectivity index (χ0v) is 14.9. The first-order valence-electron chi connectivity index (χ1n) is 7.68. The average Bonchev–Trinajstić information content (AvgIpc) is 2.95. The van der Waals surface area contributed by atoms with Gasteiger partial charge in [0.05, 0.1) is 0 Å². The predicted octanol–water partition coefficient (Wildman–Crippen LogP) is 4.70. The maximum atomic E-state index is 12.8. The molecular formula is C19H19BrN2O. The van der Waals surface area contributed by atoms with Gasteiger partial charge in [-0.05, 0) is 45.3 Å². The van der Waals surface area contributed by atoms with Gasteiger partial charge in [0.2, 0.25) is 0 Å².